The van der Waals surface area contributed by atoms with Gasteiger partial charge in [0.05, 0.1) is 0 Å². The number of aromatic nitrogens is 2. The average Bonchev–Trinajstić information content (AvgIpc) is 3.42. The topological polar surface area (TPSA) is 77.7 Å². The number of amides is 1. The maximum atomic E-state index is 13.5. The molecule has 0 spiro atoms. The van der Waals surface area contributed by atoms with Gasteiger partial charge in [-0.25, -0.2) is 4.39 Å². The van der Waals surface area contributed by atoms with Gasteiger partial charge in [-0.2, -0.15) is 4.98 Å². The van der Waals surface area contributed by atoms with Crippen molar-refractivity contribution in [1.29, 1.82) is 0 Å². The van der Waals surface area contributed by atoms with Crippen LogP contribution in [0.5, 0.6) is 11.5 Å². The van der Waals surface area contributed by atoms with Crippen molar-refractivity contribution in [3.05, 3.63) is 53.6 Å². The van der Waals surface area contributed by atoms with Crippen molar-refractivity contribution >= 4 is 11.6 Å². The average molecular weight is 381 g/mol. The summed E-state index contributed by atoms with van der Waals surface area (Å²) in [5.41, 5.74) is 1.89. The number of hydrogen-bond donors (Lipinski definition) is 0. The Morgan fingerprint density at radius 3 is 2.86 bits per heavy atom. The molecule has 0 radical (unpaired) electrons. The number of aryl methyl sites for hydroxylation is 1. The van der Waals surface area contributed by atoms with Crippen LogP contribution in [0.3, 0.4) is 0 Å². The molecule has 142 valence electrons. The molecule has 1 atom stereocenters. The summed E-state index contributed by atoms with van der Waals surface area (Å²) >= 11 is 0. The molecule has 0 aliphatic carbocycles. The number of rotatable bonds is 3. The maximum absolute atomic E-state index is 13.5. The molecule has 1 aromatic heterocycles. The van der Waals surface area contributed by atoms with Gasteiger partial charge in [-0.05, 0) is 48.9 Å². The van der Waals surface area contributed by atoms with Crippen molar-refractivity contribution in [2.24, 2.45) is 0 Å². The number of fused-ring (bicyclic) bond motifs is 1. The quantitative estimate of drug-likeness (QED) is 0.692. The molecule has 1 unspecified atom stereocenters. The lowest BCUT2D eigenvalue weighted by atomic mass is 10.1. The summed E-state index contributed by atoms with van der Waals surface area (Å²) in [4.78, 5) is 18.6. The fourth-order valence-corrected chi connectivity index (χ4v) is 3.47. The van der Waals surface area contributed by atoms with Crippen molar-refractivity contribution in [3.8, 4) is 23.0 Å². The van der Waals surface area contributed by atoms with E-state index in [1.54, 1.807) is 36.1 Å². The largest absolute Gasteiger partial charge is 0.454 e. The summed E-state index contributed by atoms with van der Waals surface area (Å²) in [6, 6.07) is 10.0. The van der Waals surface area contributed by atoms with Crippen LogP contribution in [0.4, 0.5) is 10.1 Å². The van der Waals surface area contributed by atoms with Crippen LogP contribution < -0.4 is 14.4 Å². The molecule has 0 saturated carbocycles. The highest BCUT2D eigenvalue weighted by Gasteiger charge is 2.35. The smallest absolute Gasteiger partial charge is 0.258 e. The Kier molecular flexibility index (Phi) is 3.78. The molecule has 2 aromatic carbocycles. The van der Waals surface area contributed by atoms with Gasteiger partial charge >= 0.3 is 0 Å². The van der Waals surface area contributed by atoms with Gasteiger partial charge in [-0.3, -0.25) is 4.79 Å². The molecule has 2 aliphatic heterocycles. The minimum absolute atomic E-state index is 0.0505. The third-order valence-electron chi connectivity index (χ3n) is 5.00. The van der Waals surface area contributed by atoms with Crippen molar-refractivity contribution in [2.75, 3.05) is 18.2 Å². The fourth-order valence-electron chi connectivity index (χ4n) is 3.47. The molecule has 2 aliphatic rings. The summed E-state index contributed by atoms with van der Waals surface area (Å²) in [6.45, 7) is 2.29. The maximum Gasteiger partial charge on any atom is 0.258 e. The minimum atomic E-state index is -0.293. The molecule has 0 N–H and O–H groups in total. The molecule has 5 rings (SSSR count). The second kappa shape index (κ2) is 6.33. The molecule has 3 aromatic rings. The molecular weight excluding hydrogens is 365 g/mol. The number of carbonyl (C=O) groups excluding carboxylic acids is 1. The van der Waals surface area contributed by atoms with Gasteiger partial charge in [-0.1, -0.05) is 5.16 Å². The Bertz CT molecular complexity index is 1080. The Morgan fingerprint density at radius 2 is 2.00 bits per heavy atom. The number of nitrogens with zero attached hydrogens (tertiary/aromatic N) is 3. The van der Waals surface area contributed by atoms with E-state index in [1.165, 1.54) is 6.07 Å². The Balaban J connectivity index is 1.37. The van der Waals surface area contributed by atoms with Gasteiger partial charge < -0.3 is 18.9 Å². The summed E-state index contributed by atoms with van der Waals surface area (Å²) in [5.74, 6) is 1.61. The number of halogens is 1. The molecule has 8 heteroatoms. The minimum Gasteiger partial charge on any atom is -0.454 e. The van der Waals surface area contributed by atoms with E-state index in [2.05, 4.69) is 10.1 Å². The molecule has 1 amide bonds. The van der Waals surface area contributed by atoms with Crippen molar-refractivity contribution in [2.45, 2.75) is 19.3 Å². The third kappa shape index (κ3) is 2.77. The molecule has 1 fully saturated rings. The summed E-state index contributed by atoms with van der Waals surface area (Å²) in [5, 5.41) is 4.07. The first-order chi connectivity index (χ1) is 13.6. The molecule has 0 bridgehead atoms. The van der Waals surface area contributed by atoms with Crippen molar-refractivity contribution in [3.63, 3.8) is 0 Å². The summed E-state index contributed by atoms with van der Waals surface area (Å²) in [7, 11) is 0. The van der Waals surface area contributed by atoms with E-state index in [0.29, 0.717) is 41.0 Å². The van der Waals surface area contributed by atoms with E-state index in [-0.39, 0.29) is 30.9 Å². The Morgan fingerprint density at radius 1 is 1.14 bits per heavy atom. The number of ether oxygens (including phenoxy) is 2. The second-order valence-electron chi connectivity index (χ2n) is 6.86. The van der Waals surface area contributed by atoms with E-state index >= 15 is 0 Å². The molecule has 3 heterocycles. The number of benzene rings is 2. The highest BCUT2D eigenvalue weighted by molar-refractivity contribution is 5.96. The van der Waals surface area contributed by atoms with Crippen LogP contribution >= 0.6 is 0 Å². The first kappa shape index (κ1) is 16.7. The monoisotopic (exact) mass is 381 g/mol. The van der Waals surface area contributed by atoms with Crippen LogP contribution in [-0.4, -0.2) is 29.4 Å². The van der Waals surface area contributed by atoms with E-state index in [0.717, 1.165) is 5.56 Å². The van der Waals surface area contributed by atoms with Gasteiger partial charge in [-0.15, -0.1) is 0 Å². The van der Waals surface area contributed by atoms with Crippen LogP contribution in [-0.2, 0) is 4.79 Å². The van der Waals surface area contributed by atoms with Gasteiger partial charge in [0.25, 0.3) is 5.89 Å². The van der Waals surface area contributed by atoms with Crippen molar-refractivity contribution in [1.82, 2.24) is 10.1 Å². The highest BCUT2D eigenvalue weighted by atomic mass is 19.1. The zero-order valence-electron chi connectivity index (χ0n) is 15.0. The van der Waals surface area contributed by atoms with Gasteiger partial charge in [0.15, 0.2) is 17.3 Å². The lowest BCUT2D eigenvalue weighted by molar-refractivity contribution is -0.117. The Hall–Kier alpha value is -3.42. The van der Waals surface area contributed by atoms with Crippen LogP contribution in [0, 0.1) is 12.7 Å². The predicted molar refractivity (Wildman–Crippen MR) is 96.7 cm³/mol. The van der Waals surface area contributed by atoms with Crippen LogP contribution in [0.25, 0.3) is 11.5 Å². The predicted octanol–water partition coefficient (Wildman–Crippen LogP) is 3.43. The Labute approximate surface area is 159 Å². The normalized spacial score (nSPS) is 18.1. The first-order valence-electron chi connectivity index (χ1n) is 8.88. The first-order valence-corrected chi connectivity index (χ1v) is 8.88. The number of carbonyl (C=O) groups is 1. The van der Waals surface area contributed by atoms with Crippen LogP contribution in [0.2, 0.25) is 0 Å². The van der Waals surface area contributed by atoms with E-state index in [1.807, 2.05) is 6.07 Å². The molecule has 7 nitrogen and oxygen atoms in total. The SMILES string of the molecule is Cc1cc(N2CC(c3noc(-c4ccc5c(c4)OCO5)n3)CC2=O)ccc1F. The van der Waals surface area contributed by atoms with Gasteiger partial charge in [0.1, 0.15) is 5.82 Å². The standard InChI is InChI=1S/C20H16FN3O4/c1-11-6-14(3-4-15(11)21)24-9-13(8-18(24)25)19-22-20(28-23-19)12-2-5-16-17(7-12)27-10-26-16/h2-7,13H,8-10H2,1H3. The van der Waals surface area contributed by atoms with Gasteiger partial charge in [0.2, 0.25) is 12.7 Å². The molecular formula is C20H16FN3O4. The van der Waals surface area contributed by atoms with Crippen molar-refractivity contribution < 1.29 is 23.2 Å². The summed E-state index contributed by atoms with van der Waals surface area (Å²) in [6.07, 6.45) is 0.274. The van der Waals surface area contributed by atoms with E-state index < -0.39 is 0 Å². The van der Waals surface area contributed by atoms with Crippen LogP contribution in [0.15, 0.2) is 40.9 Å². The van der Waals surface area contributed by atoms with Crippen LogP contribution in [0.1, 0.15) is 23.7 Å². The zero-order valence-corrected chi connectivity index (χ0v) is 15.0. The fraction of sp³-hybridized carbons (Fsp3) is 0.250. The van der Waals surface area contributed by atoms with Gasteiger partial charge in [0, 0.05) is 30.1 Å². The zero-order chi connectivity index (χ0) is 19.3. The van der Waals surface area contributed by atoms with E-state index in [4.69, 9.17) is 14.0 Å². The molecule has 1 saturated heterocycles. The number of anilines is 1. The third-order valence-corrected chi connectivity index (χ3v) is 5.00. The van der Waals surface area contributed by atoms with E-state index in [9.17, 15) is 9.18 Å². The second-order valence-corrected chi connectivity index (χ2v) is 6.86. The highest BCUT2D eigenvalue weighted by Crippen LogP contribution is 2.36. The summed E-state index contributed by atoms with van der Waals surface area (Å²) < 4.78 is 29.6. The number of hydrogen-bond acceptors (Lipinski definition) is 6. The lowest BCUT2D eigenvalue weighted by Crippen LogP contribution is -2.24. The molecule has 28 heavy (non-hydrogen) atoms. The lowest BCUT2D eigenvalue weighted by Gasteiger charge is -2.16.